The minimum absolute atomic E-state index is 0.00390. The number of methoxy groups -OCH3 is 1. The number of hydrogen-bond donors (Lipinski definition) is 0. The van der Waals surface area contributed by atoms with Crippen molar-refractivity contribution in [2.45, 2.75) is 26.4 Å². The van der Waals surface area contributed by atoms with E-state index in [-0.39, 0.29) is 12.6 Å². The molecular formula is C17H18N4O3S. The number of fused-ring (bicyclic) bond motifs is 1. The van der Waals surface area contributed by atoms with E-state index in [1.807, 2.05) is 38.1 Å². The second kappa shape index (κ2) is 7.02. The van der Waals surface area contributed by atoms with Crippen LogP contribution >= 0.6 is 11.3 Å². The average Bonchev–Trinajstić information content (AvgIpc) is 3.20. The van der Waals surface area contributed by atoms with Crippen molar-refractivity contribution in [3.8, 4) is 0 Å². The second-order valence-corrected chi connectivity index (χ2v) is 6.70. The van der Waals surface area contributed by atoms with Gasteiger partial charge in [-0.2, -0.15) is 10.1 Å². The molecule has 0 bridgehead atoms. The van der Waals surface area contributed by atoms with Gasteiger partial charge in [0.2, 0.25) is 0 Å². The summed E-state index contributed by atoms with van der Waals surface area (Å²) in [7, 11) is 1.33. The van der Waals surface area contributed by atoms with Crippen molar-refractivity contribution in [2.75, 3.05) is 7.11 Å². The predicted octanol–water partition coefficient (Wildman–Crippen LogP) is 2.39. The molecule has 0 radical (unpaired) electrons. The summed E-state index contributed by atoms with van der Waals surface area (Å²) in [5.74, 6) is -0.791. The highest BCUT2D eigenvalue weighted by Crippen LogP contribution is 2.17. The molecule has 130 valence electrons. The van der Waals surface area contributed by atoms with Crippen LogP contribution in [0.1, 0.15) is 30.4 Å². The van der Waals surface area contributed by atoms with E-state index >= 15 is 0 Å². The molecule has 0 aliphatic heterocycles. The van der Waals surface area contributed by atoms with Crippen LogP contribution in [0.4, 0.5) is 0 Å². The maximum atomic E-state index is 12.6. The molecule has 0 saturated carbocycles. The Balaban J connectivity index is 2.12. The molecule has 0 spiro atoms. The lowest BCUT2D eigenvalue weighted by molar-refractivity contribution is -0.141. The molecule has 2 aromatic heterocycles. The lowest BCUT2D eigenvalue weighted by atomic mass is 10.3. The summed E-state index contributed by atoms with van der Waals surface area (Å²) in [5.41, 5.74) is 1.25. The molecule has 25 heavy (non-hydrogen) atoms. The number of rotatable bonds is 4. The van der Waals surface area contributed by atoms with Crippen LogP contribution in [0.3, 0.4) is 0 Å². The van der Waals surface area contributed by atoms with Crippen LogP contribution < -0.4 is 4.80 Å². The largest absolute Gasteiger partial charge is 0.468 e. The first-order valence-corrected chi connectivity index (χ1v) is 8.60. The highest BCUT2D eigenvalue weighted by atomic mass is 32.1. The standard InChI is InChI=1S/C17H18N4O3S/c1-11(2)21-13(8-9-18-21)16(23)19-17-20(10-15(22)24-3)12-6-4-5-7-14(12)25-17/h4-9,11H,10H2,1-3H3. The third kappa shape index (κ3) is 3.39. The molecule has 0 saturated heterocycles. The first kappa shape index (κ1) is 17.1. The summed E-state index contributed by atoms with van der Waals surface area (Å²) in [5, 5.41) is 4.16. The molecule has 7 nitrogen and oxygen atoms in total. The molecule has 3 aromatic rings. The summed E-state index contributed by atoms with van der Waals surface area (Å²) >= 11 is 1.35. The van der Waals surface area contributed by atoms with Crippen molar-refractivity contribution in [2.24, 2.45) is 4.99 Å². The van der Waals surface area contributed by atoms with Gasteiger partial charge in [-0.25, -0.2) is 0 Å². The zero-order valence-corrected chi connectivity index (χ0v) is 15.0. The molecule has 2 heterocycles. The average molecular weight is 358 g/mol. The summed E-state index contributed by atoms with van der Waals surface area (Å²) in [6.45, 7) is 3.89. The minimum atomic E-state index is -0.398. The SMILES string of the molecule is COC(=O)Cn1c(=NC(=O)c2ccnn2C(C)C)sc2ccccc21. The van der Waals surface area contributed by atoms with E-state index in [0.29, 0.717) is 10.5 Å². The third-order valence-electron chi connectivity index (χ3n) is 3.68. The quantitative estimate of drug-likeness (QED) is 0.671. The van der Waals surface area contributed by atoms with Crippen LogP contribution in [-0.2, 0) is 16.1 Å². The summed E-state index contributed by atoms with van der Waals surface area (Å²) < 4.78 is 9.02. The Labute approximate surface area is 148 Å². The highest BCUT2D eigenvalue weighted by Gasteiger charge is 2.15. The van der Waals surface area contributed by atoms with Crippen molar-refractivity contribution in [3.05, 3.63) is 47.0 Å². The Hall–Kier alpha value is -2.74. The maximum Gasteiger partial charge on any atom is 0.325 e. The normalized spacial score (nSPS) is 12.1. The van der Waals surface area contributed by atoms with Crippen LogP contribution in [0.2, 0.25) is 0 Å². The summed E-state index contributed by atoms with van der Waals surface area (Å²) in [4.78, 5) is 29.1. The molecule has 8 heteroatoms. The van der Waals surface area contributed by atoms with E-state index in [1.54, 1.807) is 21.5 Å². The zero-order chi connectivity index (χ0) is 18.0. The van der Waals surface area contributed by atoms with Crippen LogP contribution in [0.5, 0.6) is 0 Å². The number of esters is 1. The van der Waals surface area contributed by atoms with Gasteiger partial charge in [-0.05, 0) is 32.0 Å². The van der Waals surface area contributed by atoms with Crippen LogP contribution in [0.25, 0.3) is 10.2 Å². The third-order valence-corrected chi connectivity index (χ3v) is 4.74. The Kier molecular flexibility index (Phi) is 4.80. The first-order chi connectivity index (χ1) is 12.0. The van der Waals surface area contributed by atoms with E-state index in [2.05, 4.69) is 10.1 Å². The van der Waals surface area contributed by atoms with Crippen molar-refractivity contribution < 1.29 is 14.3 Å². The zero-order valence-electron chi connectivity index (χ0n) is 14.2. The highest BCUT2D eigenvalue weighted by molar-refractivity contribution is 7.16. The molecular weight excluding hydrogens is 340 g/mol. The molecule has 0 aliphatic rings. The van der Waals surface area contributed by atoms with Crippen molar-refractivity contribution in [1.29, 1.82) is 0 Å². The van der Waals surface area contributed by atoms with Crippen LogP contribution in [-0.4, -0.2) is 33.3 Å². The van der Waals surface area contributed by atoms with E-state index in [1.165, 1.54) is 18.4 Å². The van der Waals surface area contributed by atoms with Gasteiger partial charge in [0.15, 0.2) is 4.80 Å². The number of thiazole rings is 1. The van der Waals surface area contributed by atoms with Crippen molar-refractivity contribution in [3.63, 3.8) is 0 Å². The van der Waals surface area contributed by atoms with Gasteiger partial charge in [0.1, 0.15) is 12.2 Å². The van der Waals surface area contributed by atoms with Gasteiger partial charge in [0, 0.05) is 12.2 Å². The molecule has 1 amide bonds. The number of carbonyl (C=O) groups excluding carboxylic acids is 2. The van der Waals surface area contributed by atoms with E-state index in [0.717, 1.165) is 10.2 Å². The lowest BCUT2D eigenvalue weighted by Crippen LogP contribution is -2.23. The number of nitrogens with zero attached hydrogens (tertiary/aromatic N) is 4. The van der Waals surface area contributed by atoms with Gasteiger partial charge in [0.25, 0.3) is 5.91 Å². The van der Waals surface area contributed by atoms with E-state index in [9.17, 15) is 9.59 Å². The second-order valence-electron chi connectivity index (χ2n) is 5.69. The summed E-state index contributed by atoms with van der Waals surface area (Å²) in [6.07, 6.45) is 1.58. The van der Waals surface area contributed by atoms with Gasteiger partial charge in [-0.15, -0.1) is 0 Å². The fraction of sp³-hybridized carbons (Fsp3) is 0.294. The Bertz CT molecular complexity index is 997. The van der Waals surface area contributed by atoms with Gasteiger partial charge >= 0.3 is 5.97 Å². The van der Waals surface area contributed by atoms with Crippen molar-refractivity contribution in [1.82, 2.24) is 14.3 Å². The lowest BCUT2D eigenvalue weighted by Gasteiger charge is -2.08. The molecule has 1 aromatic carbocycles. The number of para-hydroxylation sites is 1. The Morgan fingerprint density at radius 3 is 2.76 bits per heavy atom. The fourth-order valence-electron chi connectivity index (χ4n) is 2.49. The molecule has 0 unspecified atom stereocenters. The number of amides is 1. The minimum Gasteiger partial charge on any atom is -0.468 e. The van der Waals surface area contributed by atoms with Gasteiger partial charge in [-0.3, -0.25) is 14.3 Å². The predicted molar refractivity (Wildman–Crippen MR) is 94.3 cm³/mol. The number of hydrogen-bond acceptors (Lipinski definition) is 5. The number of aromatic nitrogens is 3. The van der Waals surface area contributed by atoms with Crippen LogP contribution in [0, 0.1) is 0 Å². The smallest absolute Gasteiger partial charge is 0.325 e. The Morgan fingerprint density at radius 1 is 1.28 bits per heavy atom. The van der Waals surface area contributed by atoms with Crippen LogP contribution in [0.15, 0.2) is 41.5 Å². The topological polar surface area (TPSA) is 78.5 Å². The molecule has 0 N–H and O–H groups in total. The van der Waals surface area contributed by atoms with Gasteiger partial charge in [0.05, 0.1) is 17.3 Å². The molecule has 3 rings (SSSR count). The number of benzene rings is 1. The molecule has 0 fully saturated rings. The van der Waals surface area contributed by atoms with Gasteiger partial charge < -0.3 is 9.30 Å². The Morgan fingerprint density at radius 2 is 2.04 bits per heavy atom. The van der Waals surface area contributed by atoms with E-state index in [4.69, 9.17) is 4.74 Å². The molecule has 0 aliphatic carbocycles. The summed E-state index contributed by atoms with van der Waals surface area (Å²) in [6, 6.07) is 9.28. The fourth-order valence-corrected chi connectivity index (χ4v) is 3.52. The number of carbonyl (C=O) groups is 2. The molecule has 0 atom stereocenters. The first-order valence-electron chi connectivity index (χ1n) is 7.79. The maximum absolute atomic E-state index is 12.6. The van der Waals surface area contributed by atoms with Gasteiger partial charge in [-0.1, -0.05) is 23.5 Å². The van der Waals surface area contributed by atoms with E-state index < -0.39 is 11.9 Å². The monoisotopic (exact) mass is 358 g/mol. The number of ether oxygens (including phenoxy) is 1. The van der Waals surface area contributed by atoms with Crippen molar-refractivity contribution >= 4 is 33.4 Å².